The third kappa shape index (κ3) is 7.55. The minimum Gasteiger partial charge on any atom is -0.493 e. The molecule has 2 aromatic rings. The van der Waals surface area contributed by atoms with E-state index in [1.807, 2.05) is 0 Å². The van der Waals surface area contributed by atoms with E-state index in [0.29, 0.717) is 17.7 Å². The average molecular weight is 385 g/mol. The van der Waals surface area contributed by atoms with Gasteiger partial charge >= 0.3 is 6.36 Å². The van der Waals surface area contributed by atoms with E-state index in [-0.39, 0.29) is 31.2 Å². The summed E-state index contributed by atoms with van der Waals surface area (Å²) >= 11 is 0. The second kappa shape index (κ2) is 9.25. The molecule has 0 heterocycles. The van der Waals surface area contributed by atoms with Gasteiger partial charge in [-0.25, -0.2) is 4.39 Å². The van der Waals surface area contributed by atoms with Crippen molar-refractivity contribution in [2.45, 2.75) is 25.7 Å². The lowest BCUT2D eigenvalue weighted by molar-refractivity contribution is -0.274. The summed E-state index contributed by atoms with van der Waals surface area (Å²) in [4.78, 5) is 13.6. The van der Waals surface area contributed by atoms with Crippen LogP contribution >= 0.6 is 0 Å². The molecular weight excluding hydrogens is 366 g/mol. The first-order chi connectivity index (χ1) is 12.7. The number of benzene rings is 2. The van der Waals surface area contributed by atoms with Gasteiger partial charge in [-0.1, -0.05) is 18.2 Å². The Kier molecular flexibility index (Phi) is 7.04. The lowest BCUT2D eigenvalue weighted by Gasteiger charge is -2.18. The molecule has 0 aliphatic carbocycles. The van der Waals surface area contributed by atoms with Crippen LogP contribution in [0.2, 0.25) is 0 Å². The van der Waals surface area contributed by atoms with E-state index in [0.717, 1.165) is 0 Å². The maximum atomic E-state index is 13.0. The zero-order valence-electron chi connectivity index (χ0n) is 14.6. The molecule has 0 N–H and O–H groups in total. The van der Waals surface area contributed by atoms with Crippen LogP contribution in [0.3, 0.4) is 0 Å². The van der Waals surface area contributed by atoms with E-state index in [9.17, 15) is 22.4 Å². The van der Waals surface area contributed by atoms with Gasteiger partial charge in [0.2, 0.25) is 5.91 Å². The van der Waals surface area contributed by atoms with Gasteiger partial charge in [-0.3, -0.25) is 4.79 Å². The predicted molar refractivity (Wildman–Crippen MR) is 90.7 cm³/mol. The Morgan fingerprint density at radius 1 is 1.07 bits per heavy atom. The summed E-state index contributed by atoms with van der Waals surface area (Å²) in [6.07, 6.45) is -4.04. The minimum atomic E-state index is -4.73. The molecular formula is C19H19F4NO3. The van der Waals surface area contributed by atoms with Crippen molar-refractivity contribution in [3.8, 4) is 11.5 Å². The third-order valence-corrected chi connectivity index (χ3v) is 3.60. The van der Waals surface area contributed by atoms with E-state index in [2.05, 4.69) is 4.74 Å². The number of rotatable bonds is 8. The first-order valence-electron chi connectivity index (χ1n) is 8.20. The molecule has 0 fully saturated rings. The number of amides is 1. The number of carbonyl (C=O) groups excluding carboxylic acids is 1. The number of carbonyl (C=O) groups is 1. The van der Waals surface area contributed by atoms with Crippen LogP contribution in [0.5, 0.6) is 11.5 Å². The molecule has 0 atom stereocenters. The van der Waals surface area contributed by atoms with Crippen LogP contribution in [-0.2, 0) is 11.3 Å². The fraction of sp³-hybridized carbons (Fsp3) is 0.316. The number of ether oxygens (including phenoxy) is 2. The average Bonchev–Trinajstić information content (AvgIpc) is 2.59. The molecule has 0 aliphatic rings. The third-order valence-electron chi connectivity index (χ3n) is 3.60. The first kappa shape index (κ1) is 20.5. The van der Waals surface area contributed by atoms with Gasteiger partial charge in [0, 0.05) is 26.1 Å². The smallest absolute Gasteiger partial charge is 0.493 e. The standard InChI is InChI=1S/C19H19F4NO3/c1-24(13-14-7-9-16(10-8-14)27-19(21,22)23)18(25)6-3-11-26-17-5-2-4-15(20)12-17/h2,4-5,7-10,12H,3,6,11,13H2,1H3. The van der Waals surface area contributed by atoms with Crippen molar-refractivity contribution in [3.63, 3.8) is 0 Å². The zero-order chi connectivity index (χ0) is 19.9. The molecule has 0 unspecified atom stereocenters. The zero-order valence-corrected chi connectivity index (χ0v) is 14.6. The van der Waals surface area contributed by atoms with E-state index in [4.69, 9.17) is 4.74 Å². The van der Waals surface area contributed by atoms with E-state index < -0.39 is 12.2 Å². The fourth-order valence-corrected chi connectivity index (χ4v) is 2.32. The summed E-state index contributed by atoms with van der Waals surface area (Å²) in [5.74, 6) is -0.435. The summed E-state index contributed by atoms with van der Waals surface area (Å²) in [6.45, 7) is 0.530. The fourth-order valence-electron chi connectivity index (χ4n) is 2.32. The summed E-state index contributed by atoms with van der Waals surface area (Å²) in [5, 5.41) is 0. The molecule has 0 spiro atoms. The van der Waals surface area contributed by atoms with Gasteiger partial charge in [0.1, 0.15) is 17.3 Å². The van der Waals surface area contributed by atoms with Gasteiger partial charge in [-0.05, 0) is 36.2 Å². The monoisotopic (exact) mass is 385 g/mol. The highest BCUT2D eigenvalue weighted by Gasteiger charge is 2.30. The molecule has 2 aromatic carbocycles. The molecule has 0 saturated carbocycles. The van der Waals surface area contributed by atoms with E-state index in [1.54, 1.807) is 13.1 Å². The van der Waals surface area contributed by atoms with Crippen LogP contribution in [0, 0.1) is 5.82 Å². The molecule has 2 rings (SSSR count). The largest absolute Gasteiger partial charge is 0.573 e. The summed E-state index contributed by atoms with van der Waals surface area (Å²) in [5.41, 5.74) is 0.677. The maximum Gasteiger partial charge on any atom is 0.573 e. The number of nitrogens with zero attached hydrogens (tertiary/aromatic N) is 1. The van der Waals surface area contributed by atoms with Crippen molar-refractivity contribution in [1.29, 1.82) is 0 Å². The molecule has 27 heavy (non-hydrogen) atoms. The highest BCUT2D eigenvalue weighted by Crippen LogP contribution is 2.23. The predicted octanol–water partition coefficient (Wildman–Crippen LogP) is 4.54. The van der Waals surface area contributed by atoms with Crippen molar-refractivity contribution in [1.82, 2.24) is 4.90 Å². The lowest BCUT2D eigenvalue weighted by Crippen LogP contribution is -2.26. The molecule has 0 aromatic heterocycles. The molecule has 0 aliphatic heterocycles. The molecule has 0 radical (unpaired) electrons. The number of hydrogen-bond donors (Lipinski definition) is 0. The first-order valence-corrected chi connectivity index (χ1v) is 8.20. The van der Waals surface area contributed by atoms with Crippen molar-refractivity contribution in [3.05, 3.63) is 59.9 Å². The van der Waals surface area contributed by atoms with Gasteiger partial charge < -0.3 is 14.4 Å². The highest BCUT2D eigenvalue weighted by molar-refractivity contribution is 5.75. The molecule has 0 saturated heterocycles. The van der Waals surface area contributed by atoms with Crippen LogP contribution in [-0.4, -0.2) is 30.8 Å². The molecule has 146 valence electrons. The highest BCUT2D eigenvalue weighted by atomic mass is 19.4. The van der Waals surface area contributed by atoms with Crippen LogP contribution in [0.25, 0.3) is 0 Å². The van der Waals surface area contributed by atoms with Crippen molar-refractivity contribution >= 4 is 5.91 Å². The molecule has 4 nitrogen and oxygen atoms in total. The Bertz CT molecular complexity index is 747. The molecule has 8 heteroatoms. The second-order valence-electron chi connectivity index (χ2n) is 5.85. The van der Waals surface area contributed by atoms with Crippen molar-refractivity contribution < 1.29 is 31.8 Å². The lowest BCUT2D eigenvalue weighted by atomic mass is 10.2. The Morgan fingerprint density at radius 2 is 1.78 bits per heavy atom. The second-order valence-corrected chi connectivity index (χ2v) is 5.85. The van der Waals surface area contributed by atoms with Gasteiger partial charge in [0.15, 0.2) is 0 Å². The van der Waals surface area contributed by atoms with Crippen molar-refractivity contribution in [2.24, 2.45) is 0 Å². The Balaban J connectivity index is 1.73. The number of alkyl halides is 3. The van der Waals surface area contributed by atoms with Crippen LogP contribution in [0.4, 0.5) is 17.6 Å². The van der Waals surface area contributed by atoms with Gasteiger partial charge in [-0.2, -0.15) is 0 Å². The molecule has 1 amide bonds. The SMILES string of the molecule is CN(Cc1ccc(OC(F)(F)F)cc1)C(=O)CCCOc1cccc(F)c1. The number of hydrogen-bond acceptors (Lipinski definition) is 3. The normalized spacial score (nSPS) is 11.1. The Morgan fingerprint density at radius 3 is 2.41 bits per heavy atom. The summed E-state index contributed by atoms with van der Waals surface area (Å²) in [6, 6.07) is 11.1. The topological polar surface area (TPSA) is 38.8 Å². The Hall–Kier alpha value is -2.77. The quantitative estimate of drug-likeness (QED) is 0.495. The number of halogens is 4. The molecule has 0 bridgehead atoms. The summed E-state index contributed by atoms with van der Waals surface area (Å²) < 4.78 is 58.6. The van der Waals surface area contributed by atoms with E-state index in [1.165, 1.54) is 47.4 Å². The maximum absolute atomic E-state index is 13.0. The minimum absolute atomic E-state index is 0.131. The van der Waals surface area contributed by atoms with Gasteiger partial charge in [0.25, 0.3) is 0 Å². The van der Waals surface area contributed by atoms with Crippen LogP contribution < -0.4 is 9.47 Å². The van der Waals surface area contributed by atoms with Crippen LogP contribution in [0.1, 0.15) is 18.4 Å². The van der Waals surface area contributed by atoms with Crippen LogP contribution in [0.15, 0.2) is 48.5 Å². The van der Waals surface area contributed by atoms with E-state index >= 15 is 0 Å². The van der Waals surface area contributed by atoms with Crippen molar-refractivity contribution in [2.75, 3.05) is 13.7 Å². The van der Waals surface area contributed by atoms with Gasteiger partial charge in [-0.15, -0.1) is 13.2 Å². The summed E-state index contributed by atoms with van der Waals surface area (Å²) in [7, 11) is 1.61. The van der Waals surface area contributed by atoms with Gasteiger partial charge in [0.05, 0.1) is 6.61 Å². The Labute approximate surface area is 154 Å².